The van der Waals surface area contributed by atoms with Crippen molar-refractivity contribution in [2.45, 2.75) is 13.0 Å². The Kier molecular flexibility index (Phi) is 4.92. The molecular formula is C14H15BFNO5. The molecule has 8 heteroatoms. The number of alkyl halides is 1. The number of benzene rings is 1. The zero-order valence-electron chi connectivity index (χ0n) is 12.2. The van der Waals surface area contributed by atoms with Crippen molar-refractivity contribution in [1.82, 2.24) is 4.90 Å². The molecule has 0 N–H and O–H groups in total. The van der Waals surface area contributed by atoms with Gasteiger partial charge in [0.15, 0.2) is 5.78 Å². The molecular weight excluding hydrogens is 292 g/mol. The number of aryl methyl sites for hydroxylation is 1. The quantitative estimate of drug-likeness (QED) is 0.601. The second kappa shape index (κ2) is 6.70. The number of likely N-dealkylation sites (N-methyl/N-ethyl adjacent to an activating group) is 1. The van der Waals surface area contributed by atoms with Gasteiger partial charge in [-0.15, -0.1) is 0 Å². The van der Waals surface area contributed by atoms with Crippen molar-refractivity contribution in [3.05, 3.63) is 35.4 Å². The molecule has 0 bridgehead atoms. The first-order valence-corrected chi connectivity index (χ1v) is 6.69. The summed E-state index contributed by atoms with van der Waals surface area (Å²) in [7, 11) is -0.338. The summed E-state index contributed by atoms with van der Waals surface area (Å²) < 4.78 is 23.8. The van der Waals surface area contributed by atoms with Crippen molar-refractivity contribution in [3.63, 3.8) is 0 Å². The molecule has 1 aromatic carbocycles. The number of Topliss-reactive ketones (excluding diaryl/α,β-unsaturated/α-hetero) is 1. The van der Waals surface area contributed by atoms with Crippen molar-refractivity contribution >= 4 is 24.8 Å². The van der Waals surface area contributed by atoms with Crippen molar-refractivity contribution in [2.24, 2.45) is 0 Å². The van der Waals surface area contributed by atoms with Crippen LogP contribution < -0.4 is 0 Å². The Balaban J connectivity index is 2.13. The second-order valence-corrected chi connectivity index (χ2v) is 5.15. The van der Waals surface area contributed by atoms with Gasteiger partial charge in [0.2, 0.25) is 6.07 Å². The number of halogens is 1. The Morgan fingerprint density at radius 1 is 1.18 bits per heavy atom. The molecule has 0 aliphatic carbocycles. The predicted octanol–water partition coefficient (Wildman–Crippen LogP) is 0.575. The number of carbonyl (C=O) groups excluding carboxylic acids is 3. The van der Waals surface area contributed by atoms with Crippen molar-refractivity contribution < 1.29 is 28.1 Å². The van der Waals surface area contributed by atoms with E-state index in [1.165, 1.54) is 24.1 Å². The zero-order valence-corrected chi connectivity index (χ0v) is 12.2. The SMILES string of the molecule is Cc1ccc(C(=O)[C@H](F)B2OC(=O)CN(C)CC(=O)O2)cc1. The third-order valence-corrected chi connectivity index (χ3v) is 3.12. The molecule has 1 aliphatic heterocycles. The number of hydrogen-bond donors (Lipinski definition) is 0. The van der Waals surface area contributed by atoms with Crippen molar-refractivity contribution in [3.8, 4) is 0 Å². The van der Waals surface area contributed by atoms with Crippen molar-refractivity contribution in [2.75, 3.05) is 20.1 Å². The molecule has 0 aromatic heterocycles. The van der Waals surface area contributed by atoms with Gasteiger partial charge in [0.05, 0.1) is 13.1 Å². The molecule has 1 fully saturated rings. The molecule has 0 radical (unpaired) electrons. The van der Waals surface area contributed by atoms with Gasteiger partial charge >= 0.3 is 19.1 Å². The van der Waals surface area contributed by atoms with Gasteiger partial charge in [0.25, 0.3) is 0 Å². The number of ketones is 1. The Morgan fingerprint density at radius 3 is 2.18 bits per heavy atom. The monoisotopic (exact) mass is 307 g/mol. The van der Waals surface area contributed by atoms with Crippen LogP contribution in [0.5, 0.6) is 0 Å². The highest BCUT2D eigenvalue weighted by Crippen LogP contribution is 2.14. The lowest BCUT2D eigenvalue weighted by Gasteiger charge is -2.23. The molecule has 1 saturated heterocycles. The van der Waals surface area contributed by atoms with Crippen LogP contribution in [0.25, 0.3) is 0 Å². The summed E-state index contributed by atoms with van der Waals surface area (Å²) in [6.45, 7) is 1.46. The van der Waals surface area contributed by atoms with E-state index in [0.29, 0.717) is 0 Å². The molecule has 1 aliphatic rings. The van der Waals surface area contributed by atoms with Crippen LogP contribution in [-0.2, 0) is 18.9 Å². The summed E-state index contributed by atoms with van der Waals surface area (Å²) in [4.78, 5) is 36.5. The highest BCUT2D eigenvalue weighted by molar-refractivity contribution is 6.56. The maximum atomic E-state index is 14.3. The molecule has 1 atom stereocenters. The molecule has 2 rings (SSSR count). The minimum absolute atomic E-state index is 0.115. The van der Waals surface area contributed by atoms with Crippen LogP contribution in [0.3, 0.4) is 0 Å². The Hall–Kier alpha value is -2.22. The average Bonchev–Trinajstić information content (AvgIpc) is 2.44. The summed E-state index contributed by atoms with van der Waals surface area (Å²) in [6.07, 6.45) is -2.26. The van der Waals surface area contributed by atoms with E-state index in [-0.39, 0.29) is 18.7 Å². The third-order valence-electron chi connectivity index (χ3n) is 3.12. The lowest BCUT2D eigenvalue weighted by Crippen LogP contribution is -2.48. The summed E-state index contributed by atoms with van der Waals surface area (Å²) >= 11 is 0. The molecule has 0 saturated carbocycles. The first kappa shape index (κ1) is 16.2. The van der Waals surface area contributed by atoms with E-state index in [9.17, 15) is 18.8 Å². The smallest absolute Gasteiger partial charge is 0.496 e. The van der Waals surface area contributed by atoms with E-state index in [1.54, 1.807) is 12.1 Å². The van der Waals surface area contributed by atoms with Crippen LogP contribution in [0.4, 0.5) is 4.39 Å². The summed E-state index contributed by atoms with van der Waals surface area (Å²) in [6, 6.07) is 6.24. The molecule has 0 spiro atoms. The summed E-state index contributed by atoms with van der Waals surface area (Å²) in [5.74, 6) is -2.43. The molecule has 1 heterocycles. The lowest BCUT2D eigenvalue weighted by atomic mass is 9.77. The minimum atomic E-state index is -2.26. The van der Waals surface area contributed by atoms with Crippen molar-refractivity contribution in [1.29, 1.82) is 0 Å². The van der Waals surface area contributed by atoms with Crippen LogP contribution in [-0.4, -0.2) is 55.9 Å². The van der Waals surface area contributed by atoms with Crippen LogP contribution in [0.15, 0.2) is 24.3 Å². The first-order valence-electron chi connectivity index (χ1n) is 6.69. The van der Waals surface area contributed by atoms with Crippen LogP contribution in [0, 0.1) is 6.92 Å². The van der Waals surface area contributed by atoms with Crippen LogP contribution in [0.1, 0.15) is 15.9 Å². The number of hydrogen-bond acceptors (Lipinski definition) is 6. The molecule has 0 amide bonds. The maximum Gasteiger partial charge on any atom is 0.644 e. The van der Waals surface area contributed by atoms with E-state index < -0.39 is 30.9 Å². The van der Waals surface area contributed by atoms with E-state index in [4.69, 9.17) is 9.31 Å². The van der Waals surface area contributed by atoms with E-state index >= 15 is 0 Å². The normalized spacial score (nSPS) is 18.0. The highest BCUT2D eigenvalue weighted by atomic mass is 19.1. The number of carbonyl (C=O) groups is 3. The van der Waals surface area contributed by atoms with Gasteiger partial charge in [-0.1, -0.05) is 29.8 Å². The topological polar surface area (TPSA) is 72.9 Å². The highest BCUT2D eigenvalue weighted by Gasteiger charge is 2.44. The Labute approximate surface area is 127 Å². The largest absolute Gasteiger partial charge is 0.644 e. The van der Waals surface area contributed by atoms with E-state index in [2.05, 4.69) is 0 Å². The molecule has 6 nitrogen and oxygen atoms in total. The average molecular weight is 307 g/mol. The van der Waals surface area contributed by atoms with Crippen LogP contribution in [0.2, 0.25) is 0 Å². The van der Waals surface area contributed by atoms with Gasteiger partial charge in [0.1, 0.15) is 0 Å². The number of rotatable bonds is 3. The lowest BCUT2D eigenvalue weighted by molar-refractivity contribution is -0.146. The fraction of sp³-hybridized carbons (Fsp3) is 0.357. The first-order chi connectivity index (χ1) is 10.4. The van der Waals surface area contributed by atoms with Gasteiger partial charge in [-0.05, 0) is 14.0 Å². The standard InChI is InChI=1S/C14H15BFNO5/c1-9-3-5-10(6-4-9)13(20)14(16)15-21-11(18)7-17(2)8-12(19)22-15/h3-6,14H,7-8H2,1-2H3/t14-/m0/s1. The molecule has 116 valence electrons. The third kappa shape index (κ3) is 3.91. The molecule has 1 aromatic rings. The summed E-state index contributed by atoms with van der Waals surface area (Å²) in [5, 5.41) is 0. The zero-order chi connectivity index (χ0) is 16.3. The van der Waals surface area contributed by atoms with Crippen LogP contribution >= 0.6 is 0 Å². The second-order valence-electron chi connectivity index (χ2n) is 5.15. The molecule has 22 heavy (non-hydrogen) atoms. The Bertz CT molecular complexity index is 571. The van der Waals surface area contributed by atoms with Gasteiger partial charge in [-0.3, -0.25) is 19.3 Å². The predicted molar refractivity (Wildman–Crippen MR) is 75.8 cm³/mol. The van der Waals surface area contributed by atoms with E-state index in [0.717, 1.165) is 5.56 Å². The fourth-order valence-corrected chi connectivity index (χ4v) is 1.97. The maximum absolute atomic E-state index is 14.3. The van der Waals surface area contributed by atoms with Gasteiger partial charge in [-0.25, -0.2) is 4.39 Å². The minimum Gasteiger partial charge on any atom is -0.496 e. The molecule has 0 unspecified atom stereocenters. The van der Waals surface area contributed by atoms with Gasteiger partial charge in [-0.2, -0.15) is 0 Å². The fourth-order valence-electron chi connectivity index (χ4n) is 1.97. The van der Waals surface area contributed by atoms with E-state index in [1.807, 2.05) is 6.92 Å². The Morgan fingerprint density at radius 2 is 1.68 bits per heavy atom. The van der Waals surface area contributed by atoms with Gasteiger partial charge < -0.3 is 9.31 Å². The summed E-state index contributed by atoms with van der Waals surface area (Å²) in [5.41, 5.74) is 1.03. The van der Waals surface area contributed by atoms with Gasteiger partial charge in [0, 0.05) is 5.56 Å². The number of nitrogens with zero attached hydrogens (tertiary/aromatic N) is 1.